The lowest BCUT2D eigenvalue weighted by molar-refractivity contribution is 0.0270. The van der Waals surface area contributed by atoms with E-state index in [1.165, 1.54) is 83.5 Å². The monoisotopic (exact) mass is 488 g/mol. The molecule has 1 aromatic rings. The predicted molar refractivity (Wildman–Crippen MR) is 146 cm³/mol. The quantitative estimate of drug-likeness (QED) is 0.120. The maximum absolute atomic E-state index is 12.3. The zero-order valence-electron chi connectivity index (χ0n) is 23.0. The lowest BCUT2D eigenvalue weighted by atomic mass is 10.0. The van der Waals surface area contributed by atoms with Crippen LogP contribution in [0.2, 0.25) is 0 Å². The minimum absolute atomic E-state index is 0.0490. The van der Waals surface area contributed by atoms with E-state index in [0.717, 1.165) is 32.1 Å². The average molecular weight is 489 g/mol. The molecule has 0 fully saturated rings. The van der Waals surface area contributed by atoms with Crippen LogP contribution in [0.3, 0.4) is 0 Å². The smallest absolute Gasteiger partial charge is 0.338 e. The minimum Gasteiger partial charge on any atom is -0.462 e. The molecule has 0 aromatic heterocycles. The van der Waals surface area contributed by atoms with E-state index in [4.69, 9.17) is 9.47 Å². The fraction of sp³-hybridized carbons (Fsp3) is 0.742. The van der Waals surface area contributed by atoms with Crippen LogP contribution >= 0.6 is 0 Å². The van der Waals surface area contributed by atoms with Crippen molar-refractivity contribution in [1.29, 1.82) is 0 Å². The molecule has 1 rings (SSSR count). The SMILES string of the molecule is CCCCCCCCCCCCCCCCCOC(=O)c1ccc(C(=O)OC(CC)CCC)cc1. The third-order valence-corrected chi connectivity index (χ3v) is 6.68. The topological polar surface area (TPSA) is 52.6 Å². The van der Waals surface area contributed by atoms with Crippen molar-refractivity contribution < 1.29 is 19.1 Å². The lowest BCUT2D eigenvalue weighted by Gasteiger charge is -2.15. The van der Waals surface area contributed by atoms with Gasteiger partial charge in [-0.3, -0.25) is 0 Å². The van der Waals surface area contributed by atoms with Crippen molar-refractivity contribution in [2.75, 3.05) is 6.61 Å². The second-order valence-electron chi connectivity index (χ2n) is 9.89. The minimum atomic E-state index is -0.331. The largest absolute Gasteiger partial charge is 0.462 e. The van der Waals surface area contributed by atoms with E-state index in [0.29, 0.717) is 17.7 Å². The van der Waals surface area contributed by atoms with Crippen LogP contribution in [-0.2, 0) is 9.47 Å². The Morgan fingerprint density at radius 2 is 1.03 bits per heavy atom. The van der Waals surface area contributed by atoms with Gasteiger partial charge in [0.2, 0.25) is 0 Å². The van der Waals surface area contributed by atoms with Gasteiger partial charge in [0.1, 0.15) is 6.10 Å². The fourth-order valence-corrected chi connectivity index (χ4v) is 4.35. The highest BCUT2D eigenvalue weighted by atomic mass is 16.5. The molecule has 1 unspecified atom stereocenters. The van der Waals surface area contributed by atoms with Crippen molar-refractivity contribution in [3.8, 4) is 0 Å². The van der Waals surface area contributed by atoms with E-state index in [9.17, 15) is 9.59 Å². The standard InChI is InChI=1S/C31H52O4/c1-4-7-8-9-10-11-12-13-14-15-16-17-18-19-20-26-34-30(32)27-22-24-28(25-23-27)31(33)35-29(6-3)21-5-2/h22-25,29H,4-21,26H2,1-3H3. The molecule has 0 saturated carbocycles. The fourth-order valence-electron chi connectivity index (χ4n) is 4.35. The highest BCUT2D eigenvalue weighted by molar-refractivity contribution is 5.93. The summed E-state index contributed by atoms with van der Waals surface area (Å²) in [5.74, 6) is -0.657. The Hall–Kier alpha value is -1.84. The third kappa shape index (κ3) is 15.7. The Morgan fingerprint density at radius 1 is 0.600 bits per heavy atom. The van der Waals surface area contributed by atoms with Crippen LogP contribution in [0.25, 0.3) is 0 Å². The van der Waals surface area contributed by atoms with Crippen LogP contribution in [0.15, 0.2) is 24.3 Å². The molecule has 0 bridgehead atoms. The summed E-state index contributed by atoms with van der Waals surface area (Å²) in [4.78, 5) is 24.5. The normalized spacial score (nSPS) is 11.9. The van der Waals surface area contributed by atoms with Gasteiger partial charge in [0.15, 0.2) is 0 Å². The molecule has 35 heavy (non-hydrogen) atoms. The summed E-state index contributed by atoms with van der Waals surface area (Å²) < 4.78 is 10.9. The molecule has 0 N–H and O–H groups in total. The molecule has 0 spiro atoms. The van der Waals surface area contributed by atoms with Crippen LogP contribution < -0.4 is 0 Å². The molecule has 200 valence electrons. The van der Waals surface area contributed by atoms with Crippen LogP contribution in [0, 0.1) is 0 Å². The second-order valence-corrected chi connectivity index (χ2v) is 9.89. The van der Waals surface area contributed by atoms with Gasteiger partial charge in [0.25, 0.3) is 0 Å². The van der Waals surface area contributed by atoms with Crippen molar-refractivity contribution in [3.05, 3.63) is 35.4 Å². The van der Waals surface area contributed by atoms with E-state index in [1.54, 1.807) is 24.3 Å². The highest BCUT2D eigenvalue weighted by Gasteiger charge is 2.15. The Balaban J connectivity index is 2.03. The first-order chi connectivity index (χ1) is 17.1. The number of hydrogen-bond donors (Lipinski definition) is 0. The summed E-state index contributed by atoms with van der Waals surface area (Å²) in [6.07, 6.45) is 22.4. The van der Waals surface area contributed by atoms with Gasteiger partial charge >= 0.3 is 11.9 Å². The number of hydrogen-bond acceptors (Lipinski definition) is 4. The number of ether oxygens (including phenoxy) is 2. The summed E-state index contributed by atoms with van der Waals surface area (Å²) in [6.45, 7) is 6.83. The van der Waals surface area contributed by atoms with Crippen molar-refractivity contribution in [2.24, 2.45) is 0 Å². The molecule has 0 aliphatic rings. The number of rotatable bonds is 22. The molecule has 1 aromatic carbocycles. The Labute approximate surface area is 215 Å². The molecule has 0 heterocycles. The second kappa shape index (κ2) is 21.4. The Bertz CT molecular complexity index is 652. The van der Waals surface area contributed by atoms with Crippen LogP contribution in [-0.4, -0.2) is 24.6 Å². The average Bonchev–Trinajstić information content (AvgIpc) is 2.88. The zero-order chi connectivity index (χ0) is 25.6. The number of esters is 2. The number of benzene rings is 1. The van der Waals surface area contributed by atoms with Gasteiger partial charge in [-0.05, 0) is 43.5 Å². The summed E-state index contributed by atoms with van der Waals surface area (Å²) in [7, 11) is 0. The predicted octanol–water partition coefficient (Wildman–Crippen LogP) is 9.45. The van der Waals surface area contributed by atoms with Gasteiger partial charge in [-0.25, -0.2) is 9.59 Å². The summed E-state index contributed by atoms with van der Waals surface area (Å²) in [5, 5.41) is 0. The van der Waals surface area contributed by atoms with Crippen molar-refractivity contribution >= 4 is 11.9 Å². The lowest BCUT2D eigenvalue weighted by Crippen LogP contribution is -2.17. The number of carbonyl (C=O) groups excluding carboxylic acids is 2. The first-order valence-electron chi connectivity index (χ1n) is 14.6. The molecule has 1 atom stereocenters. The van der Waals surface area contributed by atoms with E-state index in [1.807, 2.05) is 6.92 Å². The van der Waals surface area contributed by atoms with Crippen molar-refractivity contribution in [2.45, 2.75) is 142 Å². The molecule has 0 aliphatic heterocycles. The van der Waals surface area contributed by atoms with Gasteiger partial charge in [0.05, 0.1) is 17.7 Å². The van der Waals surface area contributed by atoms with Gasteiger partial charge in [-0.15, -0.1) is 0 Å². The number of unbranched alkanes of at least 4 members (excludes halogenated alkanes) is 14. The van der Waals surface area contributed by atoms with Gasteiger partial charge < -0.3 is 9.47 Å². The van der Waals surface area contributed by atoms with Crippen LogP contribution in [0.4, 0.5) is 0 Å². The molecule has 4 nitrogen and oxygen atoms in total. The highest BCUT2D eigenvalue weighted by Crippen LogP contribution is 2.15. The van der Waals surface area contributed by atoms with Gasteiger partial charge in [0, 0.05) is 0 Å². The summed E-state index contributed by atoms with van der Waals surface area (Å²) >= 11 is 0. The van der Waals surface area contributed by atoms with E-state index in [2.05, 4.69) is 13.8 Å². The third-order valence-electron chi connectivity index (χ3n) is 6.68. The molecule has 0 aliphatic carbocycles. The maximum Gasteiger partial charge on any atom is 0.338 e. The van der Waals surface area contributed by atoms with Crippen molar-refractivity contribution in [3.63, 3.8) is 0 Å². The molecular weight excluding hydrogens is 436 g/mol. The van der Waals surface area contributed by atoms with Crippen LogP contribution in [0.5, 0.6) is 0 Å². The zero-order valence-corrected chi connectivity index (χ0v) is 23.0. The summed E-state index contributed by atoms with van der Waals surface area (Å²) in [6, 6.07) is 6.58. The van der Waals surface area contributed by atoms with E-state index >= 15 is 0 Å². The van der Waals surface area contributed by atoms with Gasteiger partial charge in [-0.1, -0.05) is 117 Å². The maximum atomic E-state index is 12.3. The number of carbonyl (C=O) groups is 2. The molecule has 4 heteroatoms. The van der Waals surface area contributed by atoms with E-state index in [-0.39, 0.29) is 18.0 Å². The molecule has 0 saturated heterocycles. The first kappa shape index (κ1) is 31.2. The summed E-state index contributed by atoms with van der Waals surface area (Å²) in [5.41, 5.74) is 0.946. The van der Waals surface area contributed by atoms with Crippen molar-refractivity contribution in [1.82, 2.24) is 0 Å². The first-order valence-corrected chi connectivity index (χ1v) is 14.6. The Morgan fingerprint density at radius 3 is 1.46 bits per heavy atom. The molecule has 0 radical (unpaired) electrons. The van der Waals surface area contributed by atoms with E-state index < -0.39 is 0 Å². The molecular formula is C31H52O4. The van der Waals surface area contributed by atoms with Crippen LogP contribution in [0.1, 0.15) is 157 Å². The molecule has 0 amide bonds. The Kier molecular flexibility index (Phi) is 19.1. The van der Waals surface area contributed by atoms with Gasteiger partial charge in [-0.2, -0.15) is 0 Å².